The lowest BCUT2D eigenvalue weighted by Crippen LogP contribution is -2.00. The van der Waals surface area contributed by atoms with Gasteiger partial charge in [-0.05, 0) is 13.0 Å². The van der Waals surface area contributed by atoms with Gasteiger partial charge in [0.25, 0.3) is 0 Å². The number of carbonyl (C=O) groups is 1. The lowest BCUT2D eigenvalue weighted by Gasteiger charge is -1.99. The van der Waals surface area contributed by atoms with E-state index >= 15 is 0 Å². The highest BCUT2D eigenvalue weighted by molar-refractivity contribution is 5.66. The molecule has 0 spiro atoms. The van der Waals surface area contributed by atoms with E-state index in [9.17, 15) is 4.79 Å². The predicted molar refractivity (Wildman–Crippen MR) is 45.5 cm³/mol. The molecule has 2 heteroatoms. The first-order valence-electron chi connectivity index (χ1n) is 4.00. The molecule has 1 atom stereocenters. The minimum atomic E-state index is -0.0556. The van der Waals surface area contributed by atoms with Gasteiger partial charge >= 0.3 is 0 Å². The van der Waals surface area contributed by atoms with Gasteiger partial charge in [-0.25, -0.2) is 0 Å². The normalized spacial score (nSPS) is 19.9. The molecule has 12 heavy (non-hydrogen) atoms. The van der Waals surface area contributed by atoms with Crippen molar-refractivity contribution < 1.29 is 9.53 Å². The van der Waals surface area contributed by atoms with Crippen LogP contribution in [0.1, 0.15) is 17.0 Å². The molecule has 62 valence electrons. The fourth-order valence-electron chi connectivity index (χ4n) is 1.47. The minimum absolute atomic E-state index is 0.0556. The van der Waals surface area contributed by atoms with E-state index < -0.39 is 0 Å². The first-order chi connectivity index (χ1) is 5.81. The third kappa shape index (κ3) is 0.998. The molecule has 0 fully saturated rings. The molecule has 0 aliphatic carbocycles. The second kappa shape index (κ2) is 2.63. The van der Waals surface area contributed by atoms with Crippen molar-refractivity contribution in [3.05, 3.63) is 29.3 Å². The predicted octanol–water partition coefficient (Wildman–Crippen LogP) is 1.67. The van der Waals surface area contributed by atoms with E-state index in [4.69, 9.17) is 4.74 Å². The third-order valence-electron chi connectivity index (χ3n) is 2.15. The van der Waals surface area contributed by atoms with Crippen molar-refractivity contribution in [1.82, 2.24) is 0 Å². The standard InChI is InChI=1S/C10H10O2/c1-7-2-3-10-9(4-7)8(5-11)6-12-10/h2-5,8H,6H2,1H3. The zero-order valence-electron chi connectivity index (χ0n) is 6.91. The number of aldehydes is 1. The lowest BCUT2D eigenvalue weighted by molar-refractivity contribution is -0.109. The van der Waals surface area contributed by atoms with Crippen LogP contribution in [0.5, 0.6) is 5.75 Å². The fraction of sp³-hybridized carbons (Fsp3) is 0.300. The van der Waals surface area contributed by atoms with Crippen LogP contribution in [0, 0.1) is 6.92 Å². The molecule has 1 aromatic rings. The van der Waals surface area contributed by atoms with Crippen molar-refractivity contribution in [1.29, 1.82) is 0 Å². The highest BCUT2D eigenvalue weighted by atomic mass is 16.5. The smallest absolute Gasteiger partial charge is 0.131 e. The van der Waals surface area contributed by atoms with Gasteiger partial charge in [0, 0.05) is 5.56 Å². The molecule has 0 saturated heterocycles. The quantitative estimate of drug-likeness (QED) is 0.587. The molecule has 1 unspecified atom stereocenters. The number of benzene rings is 1. The average molecular weight is 162 g/mol. The molecule has 0 radical (unpaired) electrons. The summed E-state index contributed by atoms with van der Waals surface area (Å²) in [6.07, 6.45) is 0.950. The Morgan fingerprint density at radius 2 is 2.42 bits per heavy atom. The topological polar surface area (TPSA) is 26.3 Å². The molecule has 2 nitrogen and oxygen atoms in total. The molecule has 0 N–H and O–H groups in total. The Kier molecular flexibility index (Phi) is 1.61. The Balaban J connectivity index is 2.49. The van der Waals surface area contributed by atoms with Crippen molar-refractivity contribution in [3.63, 3.8) is 0 Å². The Morgan fingerprint density at radius 1 is 1.58 bits per heavy atom. The molecule has 0 saturated carbocycles. The van der Waals surface area contributed by atoms with Crippen LogP contribution in [0.4, 0.5) is 0 Å². The summed E-state index contributed by atoms with van der Waals surface area (Å²) < 4.78 is 5.33. The van der Waals surface area contributed by atoms with Crippen molar-refractivity contribution in [2.45, 2.75) is 12.8 Å². The summed E-state index contributed by atoms with van der Waals surface area (Å²) in [5.74, 6) is 0.803. The second-order valence-corrected chi connectivity index (χ2v) is 3.09. The molecular formula is C10H10O2. The van der Waals surface area contributed by atoms with Crippen LogP contribution in [0.15, 0.2) is 18.2 Å². The van der Waals surface area contributed by atoms with Crippen molar-refractivity contribution >= 4 is 6.29 Å². The van der Waals surface area contributed by atoms with Gasteiger partial charge in [0.2, 0.25) is 0 Å². The number of hydrogen-bond donors (Lipinski definition) is 0. The summed E-state index contributed by atoms with van der Waals surface area (Å²) in [6.45, 7) is 2.52. The van der Waals surface area contributed by atoms with Crippen LogP contribution >= 0.6 is 0 Å². The van der Waals surface area contributed by atoms with E-state index in [1.54, 1.807) is 0 Å². The van der Waals surface area contributed by atoms with E-state index in [1.807, 2.05) is 25.1 Å². The fourth-order valence-corrected chi connectivity index (χ4v) is 1.47. The van der Waals surface area contributed by atoms with Crippen molar-refractivity contribution in [2.24, 2.45) is 0 Å². The van der Waals surface area contributed by atoms with Gasteiger partial charge in [-0.1, -0.05) is 17.7 Å². The monoisotopic (exact) mass is 162 g/mol. The first kappa shape index (κ1) is 7.35. The molecule has 1 heterocycles. The van der Waals surface area contributed by atoms with E-state index in [1.165, 1.54) is 5.56 Å². The third-order valence-corrected chi connectivity index (χ3v) is 2.15. The van der Waals surface area contributed by atoms with Crippen LogP contribution in [-0.2, 0) is 4.79 Å². The molecule has 1 aromatic carbocycles. The number of carbonyl (C=O) groups excluding carboxylic acids is 1. The zero-order chi connectivity index (χ0) is 8.55. The van der Waals surface area contributed by atoms with Crippen LogP contribution < -0.4 is 4.74 Å². The Labute approximate surface area is 71.2 Å². The van der Waals surface area contributed by atoms with Gasteiger partial charge in [-0.2, -0.15) is 0 Å². The lowest BCUT2D eigenvalue weighted by atomic mass is 10.0. The zero-order valence-corrected chi connectivity index (χ0v) is 6.91. The molecule has 0 amide bonds. The summed E-state index contributed by atoms with van der Waals surface area (Å²) in [6, 6.07) is 5.93. The van der Waals surface area contributed by atoms with Crippen molar-refractivity contribution in [2.75, 3.05) is 6.61 Å². The first-order valence-corrected chi connectivity index (χ1v) is 4.00. The molecule has 1 aliphatic heterocycles. The van der Waals surface area contributed by atoms with Gasteiger partial charge in [-0.15, -0.1) is 0 Å². The number of hydrogen-bond acceptors (Lipinski definition) is 2. The SMILES string of the molecule is Cc1ccc2c(c1)C(C=O)CO2. The largest absolute Gasteiger partial charge is 0.492 e. The van der Waals surface area contributed by atoms with Gasteiger partial charge < -0.3 is 9.53 Å². The molecule has 0 aromatic heterocycles. The maximum Gasteiger partial charge on any atom is 0.131 e. The summed E-state index contributed by atoms with van der Waals surface area (Å²) in [5, 5.41) is 0. The van der Waals surface area contributed by atoms with Gasteiger partial charge in [0.15, 0.2) is 0 Å². The van der Waals surface area contributed by atoms with Crippen LogP contribution in [0.2, 0.25) is 0 Å². The maximum absolute atomic E-state index is 10.6. The Bertz CT molecular complexity index is 318. The second-order valence-electron chi connectivity index (χ2n) is 3.09. The highest BCUT2D eigenvalue weighted by Crippen LogP contribution is 2.32. The number of rotatable bonds is 1. The number of ether oxygens (including phenoxy) is 1. The van der Waals surface area contributed by atoms with Gasteiger partial charge in [-0.3, -0.25) is 0 Å². The van der Waals surface area contributed by atoms with Crippen LogP contribution in [0.25, 0.3) is 0 Å². The van der Waals surface area contributed by atoms with Gasteiger partial charge in [0.05, 0.1) is 5.92 Å². The summed E-state index contributed by atoms with van der Waals surface area (Å²) in [4.78, 5) is 10.6. The van der Waals surface area contributed by atoms with Gasteiger partial charge in [0.1, 0.15) is 18.6 Å². The van der Waals surface area contributed by atoms with Crippen molar-refractivity contribution in [3.8, 4) is 5.75 Å². The minimum Gasteiger partial charge on any atom is -0.492 e. The molecule has 0 bridgehead atoms. The highest BCUT2D eigenvalue weighted by Gasteiger charge is 2.22. The summed E-state index contributed by atoms with van der Waals surface area (Å²) >= 11 is 0. The van der Waals surface area contributed by atoms with E-state index in [2.05, 4.69) is 0 Å². The summed E-state index contributed by atoms with van der Waals surface area (Å²) in [7, 11) is 0. The van der Waals surface area contributed by atoms with E-state index in [0.717, 1.165) is 17.6 Å². The molecule has 2 rings (SSSR count). The summed E-state index contributed by atoms with van der Waals surface area (Å²) in [5.41, 5.74) is 2.20. The Morgan fingerprint density at radius 3 is 3.17 bits per heavy atom. The number of fused-ring (bicyclic) bond motifs is 1. The number of aryl methyl sites for hydroxylation is 1. The van der Waals surface area contributed by atoms with E-state index in [-0.39, 0.29) is 5.92 Å². The molecular weight excluding hydrogens is 152 g/mol. The molecule has 1 aliphatic rings. The van der Waals surface area contributed by atoms with E-state index in [0.29, 0.717) is 6.61 Å². The maximum atomic E-state index is 10.6. The van der Waals surface area contributed by atoms with Crippen LogP contribution in [0.3, 0.4) is 0 Å². The Hall–Kier alpha value is -1.31. The van der Waals surface area contributed by atoms with Crippen LogP contribution in [-0.4, -0.2) is 12.9 Å². The average Bonchev–Trinajstić information content (AvgIpc) is 2.46.